The van der Waals surface area contributed by atoms with Gasteiger partial charge in [0.05, 0.1) is 5.69 Å². The highest BCUT2D eigenvalue weighted by atomic mass is 15.3. The Morgan fingerprint density at radius 2 is 1.71 bits per heavy atom. The van der Waals surface area contributed by atoms with E-state index in [9.17, 15) is 0 Å². The molecule has 0 aliphatic heterocycles. The lowest BCUT2D eigenvalue weighted by atomic mass is 10.1. The monoisotopic (exact) mass is 230 g/mol. The Bertz CT molecular complexity index is 496. The lowest BCUT2D eigenvalue weighted by molar-refractivity contribution is 0.741. The minimum atomic E-state index is 1.10. The van der Waals surface area contributed by atoms with E-state index in [1.807, 2.05) is 25.6 Å². The van der Waals surface area contributed by atoms with E-state index >= 15 is 0 Å². The van der Waals surface area contributed by atoms with Gasteiger partial charge in [-0.25, -0.2) is 0 Å². The van der Waals surface area contributed by atoms with Gasteiger partial charge in [-0.2, -0.15) is 5.10 Å². The normalized spacial score (nSPS) is 9.76. The molecule has 92 valence electrons. The highest BCUT2D eigenvalue weighted by Gasteiger charge is 2.10. The molecule has 0 unspecified atom stereocenters. The Hall–Kier alpha value is -1.57. The van der Waals surface area contributed by atoms with Crippen molar-refractivity contribution in [2.75, 3.05) is 0 Å². The standard InChI is InChI=1S/C13H16N2.C2H6/c1-9-6-5-7-12(8-9)13-10(2)11(3)15(4)14-13;1-2/h5-8H,1-4H3;1-2H3. The largest absolute Gasteiger partial charge is 0.272 e. The highest BCUT2D eigenvalue weighted by molar-refractivity contribution is 5.64. The third-order valence-corrected chi connectivity index (χ3v) is 2.92. The molecular formula is C15H22N2. The molecule has 0 atom stereocenters. The summed E-state index contributed by atoms with van der Waals surface area (Å²) in [6, 6.07) is 8.47. The van der Waals surface area contributed by atoms with E-state index < -0.39 is 0 Å². The Balaban J connectivity index is 0.000000686. The van der Waals surface area contributed by atoms with Crippen LogP contribution in [-0.2, 0) is 7.05 Å². The van der Waals surface area contributed by atoms with Crippen molar-refractivity contribution < 1.29 is 0 Å². The van der Waals surface area contributed by atoms with Crippen LogP contribution in [-0.4, -0.2) is 9.78 Å². The van der Waals surface area contributed by atoms with E-state index in [-0.39, 0.29) is 0 Å². The van der Waals surface area contributed by atoms with Crippen molar-refractivity contribution in [3.63, 3.8) is 0 Å². The summed E-state index contributed by atoms with van der Waals surface area (Å²) in [5.41, 5.74) is 6.07. The van der Waals surface area contributed by atoms with Gasteiger partial charge in [-0.3, -0.25) is 4.68 Å². The first kappa shape index (κ1) is 13.5. The van der Waals surface area contributed by atoms with Crippen molar-refractivity contribution in [1.82, 2.24) is 9.78 Å². The van der Waals surface area contributed by atoms with Gasteiger partial charge in [0.15, 0.2) is 0 Å². The van der Waals surface area contributed by atoms with Gasteiger partial charge in [-0.15, -0.1) is 0 Å². The van der Waals surface area contributed by atoms with Gasteiger partial charge in [-0.1, -0.05) is 37.6 Å². The van der Waals surface area contributed by atoms with E-state index in [2.05, 4.69) is 50.1 Å². The zero-order valence-corrected chi connectivity index (χ0v) is 11.7. The van der Waals surface area contributed by atoms with Crippen LogP contribution in [0.3, 0.4) is 0 Å². The molecule has 0 saturated carbocycles. The molecule has 2 aromatic rings. The summed E-state index contributed by atoms with van der Waals surface area (Å²) in [5, 5.41) is 4.54. The van der Waals surface area contributed by atoms with Gasteiger partial charge in [0.25, 0.3) is 0 Å². The van der Waals surface area contributed by atoms with Gasteiger partial charge < -0.3 is 0 Å². The lowest BCUT2D eigenvalue weighted by Gasteiger charge is -1.99. The summed E-state index contributed by atoms with van der Waals surface area (Å²) >= 11 is 0. The first-order valence-corrected chi connectivity index (χ1v) is 6.17. The van der Waals surface area contributed by atoms with Crippen molar-refractivity contribution >= 4 is 0 Å². The molecule has 2 heteroatoms. The van der Waals surface area contributed by atoms with Crippen molar-refractivity contribution in [2.24, 2.45) is 7.05 Å². The molecule has 1 heterocycles. The number of hydrogen-bond donors (Lipinski definition) is 0. The second-order valence-electron chi connectivity index (χ2n) is 4.05. The molecule has 1 aromatic heterocycles. The number of benzene rings is 1. The van der Waals surface area contributed by atoms with Crippen LogP contribution in [0, 0.1) is 20.8 Å². The van der Waals surface area contributed by atoms with E-state index in [0.717, 1.165) is 5.69 Å². The number of nitrogens with zero attached hydrogens (tertiary/aromatic N) is 2. The van der Waals surface area contributed by atoms with E-state index in [1.165, 1.54) is 22.4 Å². The molecule has 1 aromatic carbocycles. The Kier molecular flexibility index (Phi) is 4.50. The summed E-state index contributed by atoms with van der Waals surface area (Å²) < 4.78 is 1.94. The fourth-order valence-corrected chi connectivity index (χ4v) is 1.78. The van der Waals surface area contributed by atoms with Crippen molar-refractivity contribution in [2.45, 2.75) is 34.6 Å². The predicted molar refractivity (Wildman–Crippen MR) is 74.2 cm³/mol. The summed E-state index contributed by atoms with van der Waals surface area (Å²) in [6.45, 7) is 10.3. The molecule has 2 nitrogen and oxygen atoms in total. The molecule has 0 fully saturated rings. The molecule has 0 spiro atoms. The average Bonchev–Trinajstić information content (AvgIpc) is 2.60. The van der Waals surface area contributed by atoms with Crippen LogP contribution in [0.1, 0.15) is 30.7 Å². The minimum absolute atomic E-state index is 1.10. The fourth-order valence-electron chi connectivity index (χ4n) is 1.78. The van der Waals surface area contributed by atoms with Crippen molar-refractivity contribution in [3.8, 4) is 11.3 Å². The van der Waals surface area contributed by atoms with Gasteiger partial charge in [-0.05, 0) is 32.4 Å². The quantitative estimate of drug-likeness (QED) is 0.723. The molecular weight excluding hydrogens is 208 g/mol. The summed E-state index contributed by atoms with van der Waals surface area (Å²) in [6.07, 6.45) is 0. The maximum atomic E-state index is 4.54. The van der Waals surface area contributed by atoms with Gasteiger partial charge in [0, 0.05) is 18.3 Å². The van der Waals surface area contributed by atoms with Crippen LogP contribution in [0.4, 0.5) is 0 Å². The lowest BCUT2D eigenvalue weighted by Crippen LogP contribution is -1.92. The maximum Gasteiger partial charge on any atom is 0.0955 e. The third kappa shape index (κ3) is 2.76. The summed E-state index contributed by atoms with van der Waals surface area (Å²) in [7, 11) is 1.99. The van der Waals surface area contributed by atoms with Gasteiger partial charge in [0.2, 0.25) is 0 Å². The smallest absolute Gasteiger partial charge is 0.0955 e. The second-order valence-corrected chi connectivity index (χ2v) is 4.05. The van der Waals surface area contributed by atoms with Crippen LogP contribution in [0.5, 0.6) is 0 Å². The van der Waals surface area contributed by atoms with Crippen LogP contribution >= 0.6 is 0 Å². The molecule has 0 bridgehead atoms. The number of rotatable bonds is 1. The topological polar surface area (TPSA) is 17.8 Å². The van der Waals surface area contributed by atoms with Crippen LogP contribution in [0.15, 0.2) is 24.3 Å². The van der Waals surface area contributed by atoms with E-state index in [4.69, 9.17) is 0 Å². The molecule has 0 aliphatic carbocycles. The molecule has 0 aliphatic rings. The molecule has 0 N–H and O–H groups in total. The number of aromatic nitrogens is 2. The first-order chi connectivity index (χ1) is 8.09. The predicted octanol–water partition coefficient (Wildman–Crippen LogP) is 4.04. The summed E-state index contributed by atoms with van der Waals surface area (Å²) in [4.78, 5) is 0. The molecule has 17 heavy (non-hydrogen) atoms. The zero-order chi connectivity index (χ0) is 13.0. The van der Waals surface area contributed by atoms with Gasteiger partial charge >= 0.3 is 0 Å². The SMILES string of the molecule is CC.Cc1cccc(-c2nn(C)c(C)c2C)c1. The van der Waals surface area contributed by atoms with Crippen LogP contribution in [0.2, 0.25) is 0 Å². The van der Waals surface area contributed by atoms with Gasteiger partial charge in [0.1, 0.15) is 0 Å². The summed E-state index contributed by atoms with van der Waals surface area (Å²) in [5.74, 6) is 0. The minimum Gasteiger partial charge on any atom is -0.272 e. The first-order valence-electron chi connectivity index (χ1n) is 6.17. The molecule has 0 radical (unpaired) electrons. The average molecular weight is 230 g/mol. The van der Waals surface area contributed by atoms with Crippen molar-refractivity contribution in [3.05, 3.63) is 41.1 Å². The third-order valence-electron chi connectivity index (χ3n) is 2.92. The van der Waals surface area contributed by atoms with E-state index in [1.54, 1.807) is 0 Å². The Morgan fingerprint density at radius 3 is 2.18 bits per heavy atom. The fraction of sp³-hybridized carbons (Fsp3) is 0.400. The number of hydrogen-bond acceptors (Lipinski definition) is 1. The molecule has 0 saturated heterocycles. The van der Waals surface area contributed by atoms with Crippen molar-refractivity contribution in [1.29, 1.82) is 0 Å². The Labute approximate surface area is 104 Å². The second kappa shape index (κ2) is 5.67. The maximum absolute atomic E-state index is 4.54. The highest BCUT2D eigenvalue weighted by Crippen LogP contribution is 2.24. The molecule has 0 amide bonds. The van der Waals surface area contributed by atoms with E-state index in [0.29, 0.717) is 0 Å². The van der Waals surface area contributed by atoms with Crippen LogP contribution < -0.4 is 0 Å². The zero-order valence-electron chi connectivity index (χ0n) is 11.7. The Morgan fingerprint density at radius 1 is 1.06 bits per heavy atom. The number of aryl methyl sites for hydroxylation is 2. The molecule has 2 rings (SSSR count). The van der Waals surface area contributed by atoms with Crippen LogP contribution in [0.25, 0.3) is 11.3 Å².